The second-order valence-electron chi connectivity index (χ2n) is 9.33. The molecule has 1 aliphatic rings. The summed E-state index contributed by atoms with van der Waals surface area (Å²) >= 11 is 0. The molecule has 0 saturated heterocycles. The van der Waals surface area contributed by atoms with Crippen molar-refractivity contribution in [3.63, 3.8) is 0 Å². The summed E-state index contributed by atoms with van der Waals surface area (Å²) in [5.41, 5.74) is -1.81. The Labute approximate surface area is 179 Å². The van der Waals surface area contributed by atoms with Gasteiger partial charge in [-0.15, -0.1) is 0 Å². The van der Waals surface area contributed by atoms with Crippen molar-refractivity contribution in [1.29, 1.82) is 0 Å². The van der Waals surface area contributed by atoms with Crippen LogP contribution in [0.3, 0.4) is 0 Å². The molecule has 0 spiro atoms. The van der Waals surface area contributed by atoms with E-state index in [0.29, 0.717) is 19.3 Å². The van der Waals surface area contributed by atoms with Gasteiger partial charge in [-0.2, -0.15) is 0 Å². The van der Waals surface area contributed by atoms with Crippen molar-refractivity contribution in [2.24, 2.45) is 5.92 Å². The maximum atomic E-state index is 13.2. The van der Waals surface area contributed by atoms with Gasteiger partial charge in [-0.05, 0) is 52.9 Å². The fraction of sp³-hybridized carbons (Fsp3) is 0.810. The van der Waals surface area contributed by atoms with Crippen molar-refractivity contribution >= 4 is 23.9 Å². The molecule has 1 rings (SSSR count). The van der Waals surface area contributed by atoms with Crippen molar-refractivity contribution in [2.75, 3.05) is 7.11 Å². The molecule has 1 aliphatic carbocycles. The monoisotopic (exact) mass is 427 g/mol. The van der Waals surface area contributed by atoms with Gasteiger partial charge in [-0.25, -0.2) is 9.59 Å². The second-order valence-corrected chi connectivity index (χ2v) is 9.33. The van der Waals surface area contributed by atoms with Gasteiger partial charge in [0.1, 0.15) is 23.2 Å². The molecule has 172 valence electrons. The normalized spacial score (nSPS) is 17.6. The van der Waals surface area contributed by atoms with Gasteiger partial charge in [0.05, 0.1) is 7.11 Å². The Balaban J connectivity index is 2.94. The summed E-state index contributed by atoms with van der Waals surface area (Å²) in [6.45, 7) is 10.6. The zero-order valence-electron chi connectivity index (χ0n) is 19.2. The summed E-state index contributed by atoms with van der Waals surface area (Å²) in [5.74, 6) is -1.34. The Kier molecular flexibility index (Phi) is 9.11. The summed E-state index contributed by atoms with van der Waals surface area (Å²) in [6.07, 6.45) is 2.21. The Bertz CT molecular complexity index is 635. The topological polar surface area (TPSA) is 123 Å². The van der Waals surface area contributed by atoms with Crippen LogP contribution in [0.15, 0.2) is 0 Å². The molecule has 1 saturated carbocycles. The fourth-order valence-corrected chi connectivity index (χ4v) is 3.44. The number of nitrogens with one attached hydrogen (secondary N) is 3. The minimum absolute atomic E-state index is 0.118. The number of rotatable bonds is 8. The molecule has 9 heteroatoms. The highest BCUT2D eigenvalue weighted by molar-refractivity contribution is 5.95. The van der Waals surface area contributed by atoms with Gasteiger partial charge in [-0.1, -0.05) is 26.7 Å². The predicted octanol–water partition coefficient (Wildman–Crippen LogP) is 2.03. The van der Waals surface area contributed by atoms with Crippen LogP contribution in [0.1, 0.15) is 73.6 Å². The van der Waals surface area contributed by atoms with Crippen molar-refractivity contribution in [1.82, 2.24) is 16.0 Å². The number of carbonyl (C=O) groups is 4. The lowest BCUT2D eigenvalue weighted by molar-refractivity contribution is -0.145. The number of hydrogen-bond donors (Lipinski definition) is 3. The molecular formula is C21H37N3O6. The van der Waals surface area contributed by atoms with E-state index in [0.717, 1.165) is 12.8 Å². The zero-order chi connectivity index (χ0) is 23.1. The number of carbonyl (C=O) groups excluding carboxylic acids is 4. The maximum Gasteiger partial charge on any atom is 0.408 e. The summed E-state index contributed by atoms with van der Waals surface area (Å²) < 4.78 is 9.96. The van der Waals surface area contributed by atoms with Crippen LogP contribution in [0.5, 0.6) is 0 Å². The number of ether oxygens (including phenoxy) is 2. The Morgan fingerprint density at radius 1 is 1.00 bits per heavy atom. The van der Waals surface area contributed by atoms with E-state index in [4.69, 9.17) is 4.74 Å². The van der Waals surface area contributed by atoms with E-state index in [1.165, 1.54) is 14.0 Å². The van der Waals surface area contributed by atoms with E-state index in [2.05, 4.69) is 20.7 Å². The zero-order valence-corrected chi connectivity index (χ0v) is 19.2. The lowest BCUT2D eigenvalue weighted by atomic mass is 9.94. The molecule has 1 fully saturated rings. The molecule has 0 heterocycles. The Morgan fingerprint density at radius 3 is 2.03 bits per heavy atom. The number of amides is 3. The van der Waals surface area contributed by atoms with Crippen LogP contribution in [0.4, 0.5) is 4.79 Å². The summed E-state index contributed by atoms with van der Waals surface area (Å²) in [5, 5.41) is 8.10. The first-order valence-electron chi connectivity index (χ1n) is 10.5. The van der Waals surface area contributed by atoms with Crippen LogP contribution in [-0.4, -0.2) is 54.2 Å². The third-order valence-corrected chi connectivity index (χ3v) is 4.87. The first kappa shape index (κ1) is 25.7. The van der Waals surface area contributed by atoms with Crippen LogP contribution < -0.4 is 16.0 Å². The van der Waals surface area contributed by atoms with E-state index < -0.39 is 47.1 Å². The van der Waals surface area contributed by atoms with E-state index in [1.807, 2.05) is 13.8 Å². The van der Waals surface area contributed by atoms with Crippen LogP contribution in [0.25, 0.3) is 0 Å². The SMILES string of the molecule is COC(=O)[C@H](C)NC(=O)[C@H](CC(C)C)NC(=O)C1(NC(=O)OC(C)(C)C)CCCC1. The van der Waals surface area contributed by atoms with Crippen LogP contribution in [-0.2, 0) is 23.9 Å². The molecule has 0 aromatic rings. The molecule has 2 atom stereocenters. The van der Waals surface area contributed by atoms with Crippen LogP contribution >= 0.6 is 0 Å². The fourth-order valence-electron chi connectivity index (χ4n) is 3.44. The van der Waals surface area contributed by atoms with Gasteiger partial charge in [0.15, 0.2) is 0 Å². The number of alkyl carbamates (subject to hydrolysis) is 1. The smallest absolute Gasteiger partial charge is 0.408 e. The standard InChI is InChI=1S/C21H37N3O6/c1-13(2)12-15(16(25)22-14(3)17(26)29-7)23-18(27)21(10-8-9-11-21)24-19(28)30-20(4,5)6/h13-15H,8-12H2,1-7H3,(H,22,25)(H,23,27)(H,24,28)/t14-,15-/m0/s1. The first-order valence-corrected chi connectivity index (χ1v) is 10.5. The predicted molar refractivity (Wildman–Crippen MR) is 112 cm³/mol. The minimum Gasteiger partial charge on any atom is -0.467 e. The number of esters is 1. The molecule has 0 unspecified atom stereocenters. The molecule has 30 heavy (non-hydrogen) atoms. The largest absolute Gasteiger partial charge is 0.467 e. The first-order chi connectivity index (χ1) is 13.8. The Hall–Kier alpha value is -2.32. The third-order valence-electron chi connectivity index (χ3n) is 4.87. The van der Waals surface area contributed by atoms with Gasteiger partial charge in [-0.3, -0.25) is 9.59 Å². The van der Waals surface area contributed by atoms with Gasteiger partial charge in [0.2, 0.25) is 11.8 Å². The average molecular weight is 428 g/mol. The molecule has 0 aromatic heterocycles. The van der Waals surface area contributed by atoms with Crippen molar-refractivity contribution in [2.45, 2.75) is 96.9 Å². The highest BCUT2D eigenvalue weighted by Gasteiger charge is 2.44. The van der Waals surface area contributed by atoms with E-state index in [-0.39, 0.29) is 5.92 Å². The van der Waals surface area contributed by atoms with Gasteiger partial charge >= 0.3 is 12.1 Å². The molecule has 3 N–H and O–H groups in total. The van der Waals surface area contributed by atoms with E-state index >= 15 is 0 Å². The van der Waals surface area contributed by atoms with Crippen molar-refractivity contribution in [3.8, 4) is 0 Å². The van der Waals surface area contributed by atoms with Crippen molar-refractivity contribution in [3.05, 3.63) is 0 Å². The number of methoxy groups -OCH3 is 1. The molecule has 3 amide bonds. The van der Waals surface area contributed by atoms with E-state index in [1.54, 1.807) is 20.8 Å². The summed E-state index contributed by atoms with van der Waals surface area (Å²) in [6, 6.07) is -1.68. The maximum absolute atomic E-state index is 13.2. The average Bonchev–Trinajstić information content (AvgIpc) is 3.07. The van der Waals surface area contributed by atoms with Crippen LogP contribution in [0.2, 0.25) is 0 Å². The lowest BCUT2D eigenvalue weighted by Gasteiger charge is -2.32. The molecule has 0 aliphatic heterocycles. The highest BCUT2D eigenvalue weighted by Crippen LogP contribution is 2.30. The summed E-state index contributed by atoms with van der Waals surface area (Å²) in [4.78, 5) is 49.9. The minimum atomic E-state index is -1.12. The quantitative estimate of drug-likeness (QED) is 0.510. The lowest BCUT2D eigenvalue weighted by Crippen LogP contribution is -2.61. The molecular weight excluding hydrogens is 390 g/mol. The van der Waals surface area contributed by atoms with E-state index in [9.17, 15) is 19.2 Å². The third kappa shape index (κ3) is 7.84. The van der Waals surface area contributed by atoms with Crippen molar-refractivity contribution < 1.29 is 28.7 Å². The number of hydrogen-bond acceptors (Lipinski definition) is 6. The molecule has 0 aromatic carbocycles. The van der Waals surface area contributed by atoms with Gasteiger partial charge in [0.25, 0.3) is 0 Å². The summed E-state index contributed by atoms with van der Waals surface area (Å²) in [7, 11) is 1.24. The van der Waals surface area contributed by atoms with Crippen LogP contribution in [0, 0.1) is 5.92 Å². The molecule has 9 nitrogen and oxygen atoms in total. The molecule has 0 bridgehead atoms. The molecule has 0 radical (unpaired) electrons. The second kappa shape index (κ2) is 10.6. The highest BCUT2D eigenvalue weighted by atomic mass is 16.6. The van der Waals surface area contributed by atoms with Gasteiger partial charge in [0, 0.05) is 0 Å². The Morgan fingerprint density at radius 2 is 1.57 bits per heavy atom. The van der Waals surface area contributed by atoms with Gasteiger partial charge < -0.3 is 25.4 Å².